The molecular weight excluding hydrogens is 366 g/mol. The zero-order valence-electron chi connectivity index (χ0n) is 15.3. The molecule has 1 aromatic heterocycles. The number of amides is 1. The number of carbonyl (C=O) groups is 2. The van der Waals surface area contributed by atoms with Gasteiger partial charge in [0.15, 0.2) is 0 Å². The topological polar surface area (TPSA) is 81.6 Å². The van der Waals surface area contributed by atoms with Gasteiger partial charge >= 0.3 is 5.97 Å². The molecule has 0 bridgehead atoms. The summed E-state index contributed by atoms with van der Waals surface area (Å²) in [6, 6.07) is 5.69. The van der Waals surface area contributed by atoms with Crippen molar-refractivity contribution in [3.8, 4) is 0 Å². The van der Waals surface area contributed by atoms with E-state index < -0.39 is 5.97 Å². The van der Waals surface area contributed by atoms with Gasteiger partial charge in [-0.05, 0) is 37.5 Å². The molecule has 4 rings (SSSR count). The van der Waals surface area contributed by atoms with Crippen LogP contribution < -0.4 is 0 Å². The maximum atomic E-state index is 12.9. The summed E-state index contributed by atoms with van der Waals surface area (Å²) in [5, 5.41) is 0. The number of rotatable bonds is 4. The Kier molecular flexibility index (Phi) is 4.92. The van der Waals surface area contributed by atoms with E-state index in [2.05, 4.69) is 8.75 Å². The number of nitrogens with zero attached hydrogens (tertiary/aromatic N) is 3. The highest BCUT2D eigenvalue weighted by Gasteiger charge is 2.38. The van der Waals surface area contributed by atoms with Crippen LogP contribution in [-0.2, 0) is 19.1 Å². The number of aromatic nitrogens is 2. The quantitative estimate of drug-likeness (QED) is 0.750. The predicted molar refractivity (Wildman–Crippen MR) is 100 cm³/mol. The Morgan fingerprint density at radius 2 is 2.19 bits per heavy atom. The summed E-state index contributed by atoms with van der Waals surface area (Å²) in [4.78, 5) is 27.2. The van der Waals surface area contributed by atoms with Gasteiger partial charge in [0.1, 0.15) is 11.0 Å². The van der Waals surface area contributed by atoms with Crippen molar-refractivity contribution in [2.75, 3.05) is 20.3 Å². The first-order valence-corrected chi connectivity index (χ1v) is 9.74. The van der Waals surface area contributed by atoms with Gasteiger partial charge in [0.05, 0.1) is 37.1 Å². The molecule has 0 spiro atoms. The predicted octanol–water partition coefficient (Wildman–Crippen LogP) is 2.63. The maximum Gasteiger partial charge on any atom is 0.336 e. The van der Waals surface area contributed by atoms with Crippen molar-refractivity contribution in [3.63, 3.8) is 0 Å². The van der Waals surface area contributed by atoms with Crippen LogP contribution in [0.1, 0.15) is 37.7 Å². The molecule has 1 fully saturated rings. The largest absolute Gasteiger partial charge is 0.466 e. The molecule has 1 aromatic carbocycles. The zero-order chi connectivity index (χ0) is 19.0. The van der Waals surface area contributed by atoms with Crippen molar-refractivity contribution in [2.45, 2.75) is 38.2 Å². The minimum absolute atomic E-state index is 0.00264. The number of fused-ring (bicyclic) bond motifs is 1. The summed E-state index contributed by atoms with van der Waals surface area (Å²) in [5.74, 6) is -0.757. The Hall–Kier alpha value is -2.32. The first-order chi connectivity index (χ1) is 13.1. The van der Waals surface area contributed by atoms with E-state index in [1.54, 1.807) is 4.90 Å². The Labute approximate surface area is 161 Å². The van der Waals surface area contributed by atoms with Gasteiger partial charge in [0.2, 0.25) is 5.91 Å². The van der Waals surface area contributed by atoms with Crippen molar-refractivity contribution >= 4 is 34.6 Å². The molecule has 8 heteroatoms. The highest BCUT2D eigenvalue weighted by atomic mass is 32.1. The minimum Gasteiger partial charge on any atom is -0.466 e. The molecular formula is C19H21N3O4S. The molecule has 2 aliphatic rings. The smallest absolute Gasteiger partial charge is 0.336 e. The zero-order valence-corrected chi connectivity index (χ0v) is 16.1. The number of hydrogen-bond donors (Lipinski definition) is 0. The average Bonchev–Trinajstić information content (AvgIpc) is 3.35. The molecule has 0 unspecified atom stereocenters. The first-order valence-electron chi connectivity index (χ1n) is 9.01. The van der Waals surface area contributed by atoms with E-state index in [1.807, 2.05) is 25.1 Å². The second kappa shape index (κ2) is 7.36. The van der Waals surface area contributed by atoms with Gasteiger partial charge in [-0.15, -0.1) is 0 Å². The third-order valence-corrected chi connectivity index (χ3v) is 5.88. The fourth-order valence-corrected chi connectivity index (χ4v) is 4.42. The molecule has 3 heterocycles. The number of benzene rings is 1. The Balaban J connectivity index is 1.73. The van der Waals surface area contributed by atoms with E-state index in [0.717, 1.165) is 47.8 Å². The van der Waals surface area contributed by atoms with Crippen LogP contribution in [0, 0.1) is 0 Å². The van der Waals surface area contributed by atoms with Gasteiger partial charge in [-0.2, -0.15) is 8.75 Å². The molecule has 2 atom stereocenters. The standard InChI is InChI=1S/C19H21N3O4S/c1-11-18(19(24)25-2)14(12-5-6-15-16(8-12)21-27-20-15)9-17(23)22(11)10-13-4-3-7-26-13/h5-6,8,13-14H,3-4,7,9-10H2,1-2H3/t13-,14-/m0/s1. The van der Waals surface area contributed by atoms with E-state index in [1.165, 1.54) is 7.11 Å². The highest BCUT2D eigenvalue weighted by Crippen LogP contribution is 2.38. The summed E-state index contributed by atoms with van der Waals surface area (Å²) in [6.07, 6.45) is 2.18. The fraction of sp³-hybridized carbons (Fsp3) is 0.474. The van der Waals surface area contributed by atoms with E-state index in [4.69, 9.17) is 9.47 Å². The number of ether oxygens (including phenoxy) is 2. The van der Waals surface area contributed by atoms with Crippen LogP contribution >= 0.6 is 11.7 Å². The van der Waals surface area contributed by atoms with Gasteiger partial charge in [-0.25, -0.2) is 4.79 Å². The van der Waals surface area contributed by atoms with Crippen molar-refractivity contribution in [1.82, 2.24) is 13.6 Å². The fourth-order valence-electron chi connectivity index (χ4n) is 3.90. The third kappa shape index (κ3) is 3.35. The lowest BCUT2D eigenvalue weighted by Gasteiger charge is -2.35. The molecule has 0 radical (unpaired) electrons. The molecule has 2 aliphatic heterocycles. The average molecular weight is 387 g/mol. The van der Waals surface area contributed by atoms with Gasteiger partial charge < -0.3 is 14.4 Å². The first kappa shape index (κ1) is 18.1. The van der Waals surface area contributed by atoms with E-state index in [-0.39, 0.29) is 24.3 Å². The molecule has 0 aliphatic carbocycles. The van der Waals surface area contributed by atoms with Gasteiger partial charge in [-0.3, -0.25) is 4.79 Å². The molecule has 1 amide bonds. The van der Waals surface area contributed by atoms with E-state index >= 15 is 0 Å². The van der Waals surface area contributed by atoms with Gasteiger partial charge in [0.25, 0.3) is 0 Å². The summed E-state index contributed by atoms with van der Waals surface area (Å²) in [6.45, 7) is 3.02. The monoisotopic (exact) mass is 387 g/mol. The van der Waals surface area contributed by atoms with Crippen LogP contribution in [-0.4, -0.2) is 51.9 Å². The lowest BCUT2D eigenvalue weighted by molar-refractivity contribution is -0.138. The Morgan fingerprint density at radius 3 is 2.93 bits per heavy atom. The SMILES string of the molecule is COC(=O)C1=C(C)N(C[C@@H]2CCCO2)C(=O)C[C@H]1c1ccc2nsnc2c1. The number of methoxy groups -OCH3 is 1. The summed E-state index contributed by atoms with van der Waals surface area (Å²) in [5.41, 5.74) is 3.63. The van der Waals surface area contributed by atoms with Crippen molar-refractivity contribution in [2.24, 2.45) is 0 Å². The highest BCUT2D eigenvalue weighted by molar-refractivity contribution is 7.00. The van der Waals surface area contributed by atoms with Gasteiger partial charge in [0, 0.05) is 24.6 Å². The number of esters is 1. The lowest BCUT2D eigenvalue weighted by atomic mass is 9.83. The Morgan fingerprint density at radius 1 is 1.37 bits per heavy atom. The van der Waals surface area contributed by atoms with Crippen LogP contribution in [0.25, 0.3) is 11.0 Å². The summed E-state index contributed by atoms with van der Waals surface area (Å²) < 4.78 is 19.2. The second-order valence-electron chi connectivity index (χ2n) is 6.90. The number of carbonyl (C=O) groups excluding carboxylic acids is 2. The van der Waals surface area contributed by atoms with Crippen LogP contribution in [0.15, 0.2) is 29.5 Å². The number of hydrogen-bond acceptors (Lipinski definition) is 7. The van der Waals surface area contributed by atoms with Crippen LogP contribution in [0.5, 0.6) is 0 Å². The normalized spacial score (nSPS) is 23.3. The summed E-state index contributed by atoms with van der Waals surface area (Å²) >= 11 is 1.15. The van der Waals surface area contributed by atoms with Crippen LogP contribution in [0.2, 0.25) is 0 Å². The van der Waals surface area contributed by atoms with Crippen molar-refractivity contribution < 1.29 is 19.1 Å². The molecule has 142 valence electrons. The van der Waals surface area contributed by atoms with Crippen LogP contribution in [0.4, 0.5) is 0 Å². The third-order valence-electron chi connectivity index (χ3n) is 5.32. The Bertz CT molecular complexity index is 917. The van der Waals surface area contributed by atoms with Gasteiger partial charge in [-0.1, -0.05) is 6.07 Å². The maximum absolute atomic E-state index is 12.9. The van der Waals surface area contributed by atoms with Crippen molar-refractivity contribution in [1.29, 1.82) is 0 Å². The summed E-state index contributed by atoms with van der Waals surface area (Å²) in [7, 11) is 1.37. The number of allylic oxidation sites excluding steroid dienone is 1. The van der Waals surface area contributed by atoms with Crippen molar-refractivity contribution in [3.05, 3.63) is 35.0 Å². The van der Waals surface area contributed by atoms with E-state index in [9.17, 15) is 9.59 Å². The molecule has 2 aromatic rings. The molecule has 0 saturated carbocycles. The van der Waals surface area contributed by atoms with Crippen LogP contribution in [0.3, 0.4) is 0 Å². The molecule has 0 N–H and O–H groups in total. The molecule has 1 saturated heterocycles. The molecule has 7 nitrogen and oxygen atoms in total. The minimum atomic E-state index is -0.404. The van der Waals surface area contributed by atoms with E-state index in [0.29, 0.717) is 17.8 Å². The second-order valence-corrected chi connectivity index (χ2v) is 7.43. The lowest BCUT2D eigenvalue weighted by Crippen LogP contribution is -2.42. The molecule has 27 heavy (non-hydrogen) atoms.